The third kappa shape index (κ3) is 11.8. The average Bonchev–Trinajstić information content (AvgIpc) is 4.01. The summed E-state index contributed by atoms with van der Waals surface area (Å²) in [4.78, 5) is 63.7. The molecule has 1 aliphatic rings. The van der Waals surface area contributed by atoms with Crippen LogP contribution in [0.25, 0.3) is 0 Å². The molecule has 11 nitrogen and oxygen atoms in total. The van der Waals surface area contributed by atoms with Crippen LogP contribution < -0.4 is 21.3 Å². The average molecular weight is 823 g/mol. The van der Waals surface area contributed by atoms with Crippen molar-refractivity contribution in [2.45, 2.75) is 67.5 Å². The Bertz CT molecular complexity index is 1950. The van der Waals surface area contributed by atoms with Crippen molar-refractivity contribution in [3.8, 4) is 0 Å². The van der Waals surface area contributed by atoms with Gasteiger partial charge in [-0.25, -0.2) is 0 Å². The Morgan fingerprint density at radius 1 is 0.810 bits per heavy atom. The van der Waals surface area contributed by atoms with E-state index in [1.807, 2.05) is 91.9 Å². The van der Waals surface area contributed by atoms with Gasteiger partial charge in [0.15, 0.2) is 0 Å². The molecule has 1 fully saturated rings. The molecule has 3 atom stereocenters. The lowest BCUT2D eigenvalue weighted by molar-refractivity contribution is -0.138. The number of thiol groups is 1. The predicted octanol–water partition coefficient (Wildman–Crippen LogP) is 4.71. The fourth-order valence-corrected chi connectivity index (χ4v) is 8.47. The van der Waals surface area contributed by atoms with E-state index in [4.69, 9.17) is 5.11 Å². The number of aliphatic hydroxyl groups excluding tert-OH is 1. The number of aryl methyl sites for hydroxylation is 1. The Balaban J connectivity index is 1.21. The van der Waals surface area contributed by atoms with Crippen molar-refractivity contribution >= 4 is 54.0 Å². The van der Waals surface area contributed by atoms with Gasteiger partial charge in [0.05, 0.1) is 17.3 Å². The lowest BCUT2D eigenvalue weighted by Crippen LogP contribution is -2.58. The fraction of sp³-hybridized carbons (Fsp3) is 0.311. The number of carbonyl (C=O) groups excluding carboxylic acids is 4. The number of carboxylic acids is 1. The zero-order chi connectivity index (χ0) is 41.5. The van der Waals surface area contributed by atoms with Gasteiger partial charge in [-0.3, -0.25) is 24.0 Å². The number of aliphatic carboxylic acids is 1. The maximum Gasteiger partial charge on any atom is 0.322 e. The molecule has 6 N–H and O–H groups in total. The van der Waals surface area contributed by atoms with E-state index in [2.05, 4.69) is 70.3 Å². The smallest absolute Gasteiger partial charge is 0.322 e. The lowest BCUT2D eigenvalue weighted by atomic mass is 9.84. The van der Waals surface area contributed by atoms with Gasteiger partial charge in [-0.15, -0.1) is 11.8 Å². The molecule has 0 heterocycles. The minimum atomic E-state index is -1.26. The van der Waals surface area contributed by atoms with Crippen molar-refractivity contribution in [3.05, 3.63) is 155 Å². The molecule has 4 amide bonds. The number of amides is 4. The van der Waals surface area contributed by atoms with Crippen LogP contribution in [0.4, 0.5) is 0 Å². The summed E-state index contributed by atoms with van der Waals surface area (Å²) in [5.74, 6) is -3.12. The molecule has 0 saturated heterocycles. The summed E-state index contributed by atoms with van der Waals surface area (Å²) in [7, 11) is 0. The molecule has 304 valence electrons. The molecule has 0 spiro atoms. The van der Waals surface area contributed by atoms with E-state index in [9.17, 15) is 29.1 Å². The Morgan fingerprint density at radius 3 is 1.91 bits per heavy atom. The Morgan fingerprint density at radius 2 is 1.40 bits per heavy atom. The molecule has 4 aromatic rings. The van der Waals surface area contributed by atoms with Crippen LogP contribution in [0.5, 0.6) is 0 Å². The van der Waals surface area contributed by atoms with E-state index in [0.717, 1.165) is 27.8 Å². The van der Waals surface area contributed by atoms with Gasteiger partial charge in [0.2, 0.25) is 23.6 Å². The molecule has 0 radical (unpaired) electrons. The van der Waals surface area contributed by atoms with Crippen molar-refractivity contribution in [1.29, 1.82) is 0 Å². The molecule has 1 aliphatic carbocycles. The van der Waals surface area contributed by atoms with Crippen LogP contribution in [0.15, 0.2) is 127 Å². The van der Waals surface area contributed by atoms with Gasteiger partial charge in [0, 0.05) is 12.2 Å². The zero-order valence-electron chi connectivity index (χ0n) is 32.3. The van der Waals surface area contributed by atoms with E-state index < -0.39 is 64.6 Å². The molecule has 4 aromatic carbocycles. The highest BCUT2D eigenvalue weighted by molar-refractivity contribution is 8.00. The van der Waals surface area contributed by atoms with Gasteiger partial charge < -0.3 is 31.5 Å². The van der Waals surface area contributed by atoms with E-state index in [1.165, 1.54) is 0 Å². The molecule has 13 heteroatoms. The number of carboxylic acid groups (broad SMARTS) is 1. The summed E-state index contributed by atoms with van der Waals surface area (Å²) in [5.41, 5.74) is 3.92. The molecular weight excluding hydrogens is 773 g/mol. The van der Waals surface area contributed by atoms with Crippen molar-refractivity contribution in [3.63, 3.8) is 0 Å². The Kier molecular flexibility index (Phi) is 15.7. The first-order valence-corrected chi connectivity index (χ1v) is 20.8. The number of thioether (sulfide) groups is 1. The Hall–Kier alpha value is -5.37. The summed E-state index contributed by atoms with van der Waals surface area (Å²) in [6.45, 7) is 1.32. The first-order chi connectivity index (χ1) is 28.0. The molecule has 0 bridgehead atoms. The van der Waals surface area contributed by atoms with Crippen LogP contribution in [0.3, 0.4) is 0 Å². The second-order valence-electron chi connectivity index (χ2n) is 14.3. The van der Waals surface area contributed by atoms with Gasteiger partial charge in [-0.1, -0.05) is 133 Å². The van der Waals surface area contributed by atoms with Gasteiger partial charge in [0.1, 0.15) is 24.2 Å². The van der Waals surface area contributed by atoms with Crippen LogP contribution in [-0.4, -0.2) is 81.6 Å². The van der Waals surface area contributed by atoms with Gasteiger partial charge in [-0.05, 0) is 54.2 Å². The van der Waals surface area contributed by atoms with E-state index in [1.54, 1.807) is 17.8 Å². The Labute approximate surface area is 348 Å². The van der Waals surface area contributed by atoms with Crippen LogP contribution in [0.2, 0.25) is 0 Å². The van der Waals surface area contributed by atoms with Crippen molar-refractivity contribution in [1.82, 2.24) is 21.3 Å². The summed E-state index contributed by atoms with van der Waals surface area (Å²) in [5, 5.41) is 30.1. The van der Waals surface area contributed by atoms with Crippen LogP contribution in [-0.2, 0) is 35.1 Å². The van der Waals surface area contributed by atoms with Crippen LogP contribution in [0, 0.1) is 6.92 Å². The number of carbonyl (C=O) groups is 5. The van der Waals surface area contributed by atoms with E-state index in [-0.39, 0.29) is 18.6 Å². The summed E-state index contributed by atoms with van der Waals surface area (Å²) < 4.78 is -0.481. The molecule has 0 unspecified atom stereocenters. The normalized spacial score (nSPS) is 14.7. The lowest BCUT2D eigenvalue weighted by Gasteiger charge is -2.35. The second kappa shape index (κ2) is 20.9. The first-order valence-electron chi connectivity index (χ1n) is 19.2. The van der Waals surface area contributed by atoms with Gasteiger partial charge in [0.25, 0.3) is 0 Å². The third-order valence-electron chi connectivity index (χ3n) is 9.83. The van der Waals surface area contributed by atoms with Crippen molar-refractivity contribution in [2.24, 2.45) is 0 Å². The molecule has 0 aliphatic heterocycles. The standard InChI is InChI=1S/C45H50N4O7S2/c1-31-14-13-15-32(26-31)27-37(41(54)48-38(30-57)42(55)49-44(23-24-44)43(56)46-29-40(52)53)47-39(51)28-36(50)22-11-12-25-58-45(33-16-5-2-6-17-33,34-18-7-3-8-19-34)35-20-9-4-10-21-35/h2-11,13-22,26,36-38,50,57H,12,23-25,27-30H2,1H3,(H,46,56)(H,47,51)(H,48,54)(H,49,55)(H,52,53)/b22-11+/t36-,37-,38-/m1/s1. The highest BCUT2D eigenvalue weighted by Gasteiger charge is 2.52. The minimum Gasteiger partial charge on any atom is -0.480 e. The van der Waals surface area contributed by atoms with Crippen LogP contribution in [0.1, 0.15) is 53.5 Å². The molecule has 0 aromatic heterocycles. The highest BCUT2D eigenvalue weighted by atomic mass is 32.2. The maximum atomic E-state index is 13.7. The molecule has 58 heavy (non-hydrogen) atoms. The summed E-state index contributed by atoms with van der Waals surface area (Å²) in [6.07, 6.45) is 3.39. The largest absolute Gasteiger partial charge is 0.480 e. The zero-order valence-corrected chi connectivity index (χ0v) is 34.0. The number of rotatable bonds is 21. The number of benzene rings is 4. The number of nitrogens with one attached hydrogen (secondary N) is 4. The number of hydrogen-bond donors (Lipinski definition) is 7. The number of hydrogen-bond acceptors (Lipinski definition) is 8. The number of aliphatic hydroxyl groups is 1. The highest BCUT2D eigenvalue weighted by Crippen LogP contribution is 2.48. The fourth-order valence-electron chi connectivity index (χ4n) is 6.75. The molecule has 5 rings (SSSR count). The van der Waals surface area contributed by atoms with E-state index in [0.29, 0.717) is 25.0 Å². The topological polar surface area (TPSA) is 174 Å². The van der Waals surface area contributed by atoms with Crippen molar-refractivity contribution in [2.75, 3.05) is 18.1 Å². The second-order valence-corrected chi connectivity index (χ2v) is 16.0. The monoisotopic (exact) mass is 822 g/mol. The van der Waals surface area contributed by atoms with Crippen LogP contribution >= 0.6 is 24.4 Å². The molecule has 1 saturated carbocycles. The quantitative estimate of drug-likeness (QED) is 0.0274. The minimum absolute atomic E-state index is 0.108. The van der Waals surface area contributed by atoms with Crippen molar-refractivity contribution < 1.29 is 34.2 Å². The first kappa shape index (κ1) is 43.7. The molecular formula is C45H50N4O7S2. The predicted molar refractivity (Wildman–Crippen MR) is 229 cm³/mol. The SMILES string of the molecule is Cc1cccc(C[C@@H](NC(=O)C[C@H](O)/C=C/CCSC(c2ccccc2)(c2ccccc2)c2ccccc2)C(=O)N[C@H](CS)C(=O)NC2(C(=O)NCC(=O)O)CC2)c1. The summed E-state index contributed by atoms with van der Waals surface area (Å²) in [6, 6.07) is 36.3. The maximum absolute atomic E-state index is 13.7. The third-order valence-corrected chi connectivity index (χ3v) is 11.8. The van der Waals surface area contributed by atoms with E-state index >= 15 is 0 Å². The summed E-state index contributed by atoms with van der Waals surface area (Å²) >= 11 is 6.05. The number of allylic oxidation sites excluding steroid dienone is 1. The van der Waals surface area contributed by atoms with Gasteiger partial charge in [-0.2, -0.15) is 12.6 Å². The van der Waals surface area contributed by atoms with Gasteiger partial charge >= 0.3 is 5.97 Å².